The Bertz CT molecular complexity index is 382. The van der Waals surface area contributed by atoms with E-state index in [0.29, 0.717) is 12.4 Å². The molecule has 0 aromatic carbocycles. The Hall–Kier alpha value is -1.69. The zero-order valence-corrected chi connectivity index (χ0v) is 9.30. The molecule has 0 radical (unpaired) electrons. The van der Waals surface area contributed by atoms with Gasteiger partial charge in [-0.1, -0.05) is 6.92 Å². The van der Waals surface area contributed by atoms with E-state index in [-0.39, 0.29) is 18.2 Å². The van der Waals surface area contributed by atoms with E-state index in [1.54, 1.807) is 6.92 Å². The van der Waals surface area contributed by atoms with E-state index in [4.69, 9.17) is 5.11 Å². The first-order valence-corrected chi connectivity index (χ1v) is 5.00. The van der Waals surface area contributed by atoms with Crippen LogP contribution in [0.2, 0.25) is 0 Å². The van der Waals surface area contributed by atoms with Crippen molar-refractivity contribution in [3.63, 3.8) is 0 Å². The predicted molar refractivity (Wildman–Crippen MR) is 60.4 cm³/mol. The van der Waals surface area contributed by atoms with E-state index >= 15 is 0 Å². The molecule has 0 saturated carbocycles. The Balaban J connectivity index is 2.72. The van der Waals surface area contributed by atoms with Crippen LogP contribution >= 0.6 is 0 Å². The van der Waals surface area contributed by atoms with Gasteiger partial charge in [0.05, 0.1) is 4.92 Å². The summed E-state index contributed by atoms with van der Waals surface area (Å²) in [6, 6.07) is 1.47. The van der Waals surface area contributed by atoms with Gasteiger partial charge in [0.25, 0.3) is 5.69 Å². The minimum Gasteiger partial charge on any atom is -0.396 e. The highest BCUT2D eigenvalue weighted by atomic mass is 16.6. The standard InChI is InChI=1S/C10H15N3O3/c1-7(6-14)4-11-10-8(2)3-9(5-12-10)13(15)16/h3,5,7,14H,4,6H2,1-2H3,(H,11,12). The van der Waals surface area contributed by atoms with Crippen LogP contribution in [0, 0.1) is 23.0 Å². The quantitative estimate of drug-likeness (QED) is 0.583. The van der Waals surface area contributed by atoms with Crippen LogP contribution in [0.3, 0.4) is 0 Å². The first-order valence-electron chi connectivity index (χ1n) is 5.00. The highest BCUT2D eigenvalue weighted by Crippen LogP contribution is 2.17. The van der Waals surface area contributed by atoms with E-state index in [2.05, 4.69) is 10.3 Å². The lowest BCUT2D eigenvalue weighted by Gasteiger charge is -2.11. The minimum atomic E-state index is -0.472. The molecular formula is C10H15N3O3. The second-order valence-electron chi connectivity index (χ2n) is 3.78. The van der Waals surface area contributed by atoms with Crippen LogP contribution in [-0.2, 0) is 0 Å². The maximum atomic E-state index is 10.5. The van der Waals surface area contributed by atoms with Gasteiger partial charge in [0.15, 0.2) is 0 Å². The zero-order valence-electron chi connectivity index (χ0n) is 9.30. The summed E-state index contributed by atoms with van der Waals surface area (Å²) in [6.45, 7) is 4.33. The van der Waals surface area contributed by atoms with Crippen LogP contribution in [0.15, 0.2) is 12.3 Å². The Kier molecular flexibility index (Phi) is 4.19. The molecule has 0 aliphatic carbocycles. The topological polar surface area (TPSA) is 88.3 Å². The van der Waals surface area contributed by atoms with Crippen molar-refractivity contribution in [1.29, 1.82) is 0 Å². The van der Waals surface area contributed by atoms with Crippen molar-refractivity contribution in [2.45, 2.75) is 13.8 Å². The van der Waals surface area contributed by atoms with Crippen LogP contribution in [0.1, 0.15) is 12.5 Å². The second kappa shape index (κ2) is 5.41. The molecule has 0 saturated heterocycles. The Morgan fingerprint density at radius 3 is 2.88 bits per heavy atom. The van der Waals surface area contributed by atoms with Crippen LogP contribution in [0.5, 0.6) is 0 Å². The van der Waals surface area contributed by atoms with Crippen LogP contribution in [-0.4, -0.2) is 28.2 Å². The molecular weight excluding hydrogens is 210 g/mol. The van der Waals surface area contributed by atoms with E-state index in [9.17, 15) is 10.1 Å². The van der Waals surface area contributed by atoms with Gasteiger partial charge in [-0.25, -0.2) is 4.98 Å². The molecule has 6 heteroatoms. The van der Waals surface area contributed by atoms with Gasteiger partial charge in [0, 0.05) is 19.2 Å². The summed E-state index contributed by atoms with van der Waals surface area (Å²) in [5.41, 5.74) is 0.706. The summed E-state index contributed by atoms with van der Waals surface area (Å²) in [5, 5.41) is 22.4. The van der Waals surface area contributed by atoms with E-state index in [0.717, 1.165) is 5.56 Å². The van der Waals surface area contributed by atoms with Crippen molar-refractivity contribution in [1.82, 2.24) is 4.98 Å². The number of aliphatic hydroxyl groups is 1. The monoisotopic (exact) mass is 225 g/mol. The van der Waals surface area contributed by atoms with Gasteiger partial charge in [-0.3, -0.25) is 10.1 Å². The lowest BCUT2D eigenvalue weighted by molar-refractivity contribution is -0.385. The molecule has 16 heavy (non-hydrogen) atoms. The normalized spacial score (nSPS) is 12.2. The first-order chi connectivity index (χ1) is 7.54. The summed E-state index contributed by atoms with van der Waals surface area (Å²) >= 11 is 0. The third-order valence-corrected chi connectivity index (χ3v) is 2.20. The number of nitrogens with zero attached hydrogens (tertiary/aromatic N) is 2. The molecule has 88 valence electrons. The molecule has 1 aromatic heterocycles. The fraction of sp³-hybridized carbons (Fsp3) is 0.500. The largest absolute Gasteiger partial charge is 0.396 e. The molecule has 1 unspecified atom stereocenters. The van der Waals surface area contributed by atoms with Gasteiger partial charge in [-0.2, -0.15) is 0 Å². The number of hydrogen-bond acceptors (Lipinski definition) is 5. The average molecular weight is 225 g/mol. The summed E-state index contributed by atoms with van der Waals surface area (Å²) in [4.78, 5) is 14.0. The van der Waals surface area contributed by atoms with E-state index < -0.39 is 4.92 Å². The zero-order chi connectivity index (χ0) is 12.1. The molecule has 1 rings (SSSR count). The van der Waals surface area contributed by atoms with Gasteiger partial charge in [-0.05, 0) is 18.4 Å². The molecule has 2 N–H and O–H groups in total. The van der Waals surface area contributed by atoms with Crippen molar-refractivity contribution >= 4 is 11.5 Å². The van der Waals surface area contributed by atoms with Crippen LogP contribution in [0.4, 0.5) is 11.5 Å². The summed E-state index contributed by atoms with van der Waals surface area (Å²) in [5.74, 6) is 0.738. The molecule has 0 fully saturated rings. The number of hydrogen-bond donors (Lipinski definition) is 2. The molecule has 0 aliphatic rings. The fourth-order valence-corrected chi connectivity index (χ4v) is 1.18. The molecule has 0 bridgehead atoms. The Morgan fingerprint density at radius 2 is 2.38 bits per heavy atom. The molecule has 1 heterocycles. The predicted octanol–water partition coefficient (Wildman–Crippen LogP) is 1.34. The highest BCUT2D eigenvalue weighted by molar-refractivity contribution is 5.48. The number of aromatic nitrogens is 1. The number of nitrogens with one attached hydrogen (secondary N) is 1. The van der Waals surface area contributed by atoms with Gasteiger partial charge >= 0.3 is 0 Å². The highest BCUT2D eigenvalue weighted by Gasteiger charge is 2.09. The van der Waals surface area contributed by atoms with Gasteiger partial charge in [0.1, 0.15) is 12.0 Å². The number of pyridine rings is 1. The number of nitro groups is 1. The lowest BCUT2D eigenvalue weighted by Crippen LogP contribution is -2.15. The third kappa shape index (κ3) is 3.16. The molecule has 0 spiro atoms. The van der Waals surface area contributed by atoms with Crippen molar-refractivity contribution in [3.05, 3.63) is 27.9 Å². The average Bonchev–Trinajstić information content (AvgIpc) is 2.26. The molecule has 1 aromatic rings. The van der Waals surface area contributed by atoms with E-state index in [1.807, 2.05) is 6.92 Å². The number of rotatable bonds is 5. The Morgan fingerprint density at radius 1 is 1.69 bits per heavy atom. The minimum absolute atomic E-state index is 0.0155. The summed E-state index contributed by atoms with van der Waals surface area (Å²) < 4.78 is 0. The molecule has 0 amide bonds. The van der Waals surface area contributed by atoms with Gasteiger partial charge in [0.2, 0.25) is 0 Å². The molecule has 0 aliphatic heterocycles. The van der Waals surface area contributed by atoms with Crippen LogP contribution < -0.4 is 5.32 Å². The SMILES string of the molecule is Cc1cc([N+](=O)[O-])cnc1NCC(C)CO. The first kappa shape index (κ1) is 12.4. The number of aryl methyl sites for hydroxylation is 1. The van der Waals surface area contributed by atoms with Crippen LogP contribution in [0.25, 0.3) is 0 Å². The number of aliphatic hydroxyl groups excluding tert-OH is 1. The Labute approximate surface area is 93.5 Å². The summed E-state index contributed by atoms with van der Waals surface area (Å²) in [7, 11) is 0. The van der Waals surface area contributed by atoms with Crippen molar-refractivity contribution in [3.8, 4) is 0 Å². The third-order valence-electron chi connectivity index (χ3n) is 2.20. The van der Waals surface area contributed by atoms with Gasteiger partial charge < -0.3 is 10.4 Å². The fourth-order valence-electron chi connectivity index (χ4n) is 1.18. The van der Waals surface area contributed by atoms with Crippen molar-refractivity contribution < 1.29 is 10.0 Å². The smallest absolute Gasteiger partial charge is 0.287 e. The lowest BCUT2D eigenvalue weighted by atomic mass is 10.2. The second-order valence-corrected chi connectivity index (χ2v) is 3.78. The van der Waals surface area contributed by atoms with Crippen molar-refractivity contribution in [2.75, 3.05) is 18.5 Å². The number of anilines is 1. The molecule has 6 nitrogen and oxygen atoms in total. The van der Waals surface area contributed by atoms with E-state index in [1.165, 1.54) is 12.3 Å². The van der Waals surface area contributed by atoms with Gasteiger partial charge in [-0.15, -0.1) is 0 Å². The van der Waals surface area contributed by atoms with Crippen molar-refractivity contribution in [2.24, 2.45) is 5.92 Å². The molecule has 1 atom stereocenters. The maximum absolute atomic E-state index is 10.5. The maximum Gasteiger partial charge on any atom is 0.287 e. The summed E-state index contributed by atoms with van der Waals surface area (Å²) in [6.07, 6.45) is 1.22.